The molecule has 1 spiro atoms. The first-order valence-corrected chi connectivity index (χ1v) is 21.6. The lowest BCUT2D eigenvalue weighted by atomic mass is 9.89. The summed E-state index contributed by atoms with van der Waals surface area (Å²) in [5, 5.41) is 0.438. The fraction of sp³-hybridized carbons (Fsp3) is 0.778. The summed E-state index contributed by atoms with van der Waals surface area (Å²) in [5.41, 5.74) is 9.56. The van der Waals surface area contributed by atoms with E-state index in [1.165, 1.54) is 10.8 Å². The molecule has 2 aliphatic heterocycles. The first kappa shape index (κ1) is 34.9. The number of hydrogen-bond donors (Lipinski definition) is 2. The molecule has 1 saturated heterocycles. The first-order chi connectivity index (χ1) is 18.9. The van der Waals surface area contributed by atoms with Crippen molar-refractivity contribution in [3.8, 4) is 0 Å². The van der Waals surface area contributed by atoms with Crippen LogP contribution in [0.25, 0.3) is 0 Å². The predicted octanol–water partition coefficient (Wildman–Crippen LogP) is 2.88. The van der Waals surface area contributed by atoms with E-state index in [9.17, 15) is 18.0 Å². The van der Waals surface area contributed by atoms with Crippen LogP contribution in [-0.2, 0) is 34.4 Å². The Morgan fingerprint density at radius 2 is 1.62 bits per heavy atom. The van der Waals surface area contributed by atoms with E-state index in [0.29, 0.717) is 18.5 Å². The molecule has 0 aromatic carbocycles. The maximum atomic E-state index is 13.8. The van der Waals surface area contributed by atoms with E-state index < -0.39 is 62.0 Å². The molecule has 3 heterocycles. The highest BCUT2D eigenvalue weighted by Gasteiger charge is 2.67. The van der Waals surface area contributed by atoms with Crippen molar-refractivity contribution in [3.05, 3.63) is 43.7 Å². The van der Waals surface area contributed by atoms with Gasteiger partial charge in [-0.05, 0) is 56.2 Å². The number of hydrogen-bond acceptors (Lipinski definition) is 10. The summed E-state index contributed by atoms with van der Waals surface area (Å²) in [4.78, 5) is 26.8. The summed E-state index contributed by atoms with van der Waals surface area (Å²) in [7, 11) is -9.24. The van der Waals surface area contributed by atoms with Gasteiger partial charge in [-0.1, -0.05) is 41.5 Å². The van der Waals surface area contributed by atoms with Gasteiger partial charge in [0.25, 0.3) is 15.7 Å². The summed E-state index contributed by atoms with van der Waals surface area (Å²) in [6, 6.07) is 0. The number of ether oxygens (including phenoxy) is 1. The highest BCUT2D eigenvalue weighted by Crippen LogP contribution is 2.52. The highest BCUT2D eigenvalue weighted by molar-refractivity contribution is 7.90. The Bertz CT molecular complexity index is 1440. The summed E-state index contributed by atoms with van der Waals surface area (Å²) in [6.07, 6.45) is -1.54. The normalized spacial score (nSPS) is 26.7. The number of nitrogens with zero attached hydrogens (tertiary/aromatic N) is 2. The van der Waals surface area contributed by atoms with Gasteiger partial charge in [-0.25, -0.2) is 8.98 Å². The Labute approximate surface area is 251 Å². The standard InChI is InChI=1S/C27H50N4O8SSi2/c1-18-15-31(24(33)30(22(18)32)14-12-13-28)23-21(38-42(10,11)26(5,6)7)27(19(29)17-40(34,35)39-27)20(37-23)16-36-41(8,9)25(2,3)4/h15,17,20-21,23H,12-14,16,28-29H2,1-11H3/t20?,21-,23+,27?/m0/s1. The van der Waals surface area contributed by atoms with E-state index in [2.05, 4.69) is 33.9 Å². The SMILES string of the molecule is Cc1cn([C@@H]2OC(CO[Si](C)(C)C(C)(C)C)C3(OS(=O)(=O)C=C3N)[C@H]2O[Si](C)(C)C(C)(C)C)c(=O)n(CCCN)c1=O. The molecule has 0 amide bonds. The molecule has 3 rings (SSSR count). The van der Waals surface area contributed by atoms with Gasteiger partial charge in [0, 0.05) is 18.3 Å². The Morgan fingerprint density at radius 1 is 1.05 bits per heavy atom. The average Bonchev–Trinajstić information content (AvgIpc) is 3.25. The van der Waals surface area contributed by atoms with E-state index in [0.717, 1.165) is 9.98 Å². The molecule has 1 aromatic heterocycles. The lowest BCUT2D eigenvalue weighted by Crippen LogP contribution is -2.59. The van der Waals surface area contributed by atoms with Gasteiger partial charge in [0.15, 0.2) is 28.5 Å². The van der Waals surface area contributed by atoms with Crippen molar-refractivity contribution < 1.29 is 26.2 Å². The molecule has 12 nitrogen and oxygen atoms in total. The third-order valence-corrected chi connectivity index (χ3v) is 19.3. The van der Waals surface area contributed by atoms with Crippen molar-refractivity contribution in [1.29, 1.82) is 0 Å². The Morgan fingerprint density at radius 3 is 2.10 bits per heavy atom. The topological polar surface area (TPSA) is 167 Å². The summed E-state index contributed by atoms with van der Waals surface area (Å²) in [5.74, 6) is 0. The second kappa shape index (κ2) is 11.4. The van der Waals surface area contributed by atoms with Crippen LogP contribution < -0.4 is 22.7 Å². The molecule has 4 atom stereocenters. The molecule has 42 heavy (non-hydrogen) atoms. The van der Waals surface area contributed by atoms with Crippen LogP contribution in [0, 0.1) is 6.92 Å². The van der Waals surface area contributed by atoms with E-state index in [1.807, 2.05) is 33.9 Å². The molecule has 0 aliphatic carbocycles. The van der Waals surface area contributed by atoms with E-state index in [1.54, 1.807) is 6.92 Å². The second-order valence-corrected chi connectivity index (χ2v) is 25.4. The predicted molar refractivity (Wildman–Crippen MR) is 168 cm³/mol. The first-order valence-electron chi connectivity index (χ1n) is 14.3. The van der Waals surface area contributed by atoms with E-state index in [4.69, 9.17) is 29.2 Å². The highest BCUT2D eigenvalue weighted by atomic mass is 32.2. The molecule has 0 saturated carbocycles. The Hall–Kier alpha value is -1.60. The largest absolute Gasteiger partial charge is 0.414 e. The summed E-state index contributed by atoms with van der Waals surface area (Å²) in [6.45, 7) is 22.5. The molecule has 2 unspecified atom stereocenters. The van der Waals surface area contributed by atoms with Crippen molar-refractivity contribution >= 4 is 26.8 Å². The molecule has 240 valence electrons. The van der Waals surface area contributed by atoms with Crippen LogP contribution in [0.1, 0.15) is 59.8 Å². The van der Waals surface area contributed by atoms with Crippen LogP contribution in [0.3, 0.4) is 0 Å². The van der Waals surface area contributed by atoms with Crippen LogP contribution in [0.15, 0.2) is 26.9 Å². The zero-order valence-corrected chi connectivity index (χ0v) is 29.8. The molecule has 1 fully saturated rings. The average molecular weight is 647 g/mol. The van der Waals surface area contributed by atoms with Gasteiger partial charge in [0.05, 0.1) is 17.7 Å². The minimum Gasteiger partial charge on any atom is -0.414 e. The second-order valence-electron chi connectivity index (χ2n) is 14.4. The zero-order valence-electron chi connectivity index (χ0n) is 26.9. The van der Waals surface area contributed by atoms with E-state index in [-0.39, 0.29) is 28.9 Å². The summed E-state index contributed by atoms with van der Waals surface area (Å²) >= 11 is 0. The van der Waals surface area contributed by atoms with Crippen LogP contribution in [-0.4, -0.2) is 65.1 Å². The molecule has 15 heteroatoms. The van der Waals surface area contributed by atoms with Crippen LogP contribution in [0.5, 0.6) is 0 Å². The fourth-order valence-corrected chi connectivity index (χ4v) is 8.11. The van der Waals surface area contributed by atoms with Crippen molar-refractivity contribution in [3.63, 3.8) is 0 Å². The molecule has 0 bridgehead atoms. The van der Waals surface area contributed by atoms with Crippen molar-refractivity contribution in [1.82, 2.24) is 9.13 Å². The van der Waals surface area contributed by atoms with Gasteiger partial charge in [-0.2, -0.15) is 8.42 Å². The molecule has 0 radical (unpaired) electrons. The molecule has 2 aliphatic rings. The van der Waals surface area contributed by atoms with E-state index >= 15 is 0 Å². The molecular weight excluding hydrogens is 597 g/mol. The third-order valence-electron chi connectivity index (χ3n) is 9.30. The monoisotopic (exact) mass is 646 g/mol. The van der Waals surface area contributed by atoms with Gasteiger partial charge in [-0.3, -0.25) is 13.9 Å². The lowest BCUT2D eigenvalue weighted by molar-refractivity contribution is -0.0567. The quantitative estimate of drug-likeness (QED) is 0.301. The van der Waals surface area contributed by atoms with Gasteiger partial charge in [0.2, 0.25) is 0 Å². The van der Waals surface area contributed by atoms with Gasteiger partial charge in [-0.15, -0.1) is 0 Å². The van der Waals surface area contributed by atoms with Gasteiger partial charge < -0.3 is 25.1 Å². The number of aromatic nitrogens is 2. The number of aryl methyl sites for hydroxylation is 1. The van der Waals surface area contributed by atoms with Crippen LogP contribution in [0.4, 0.5) is 0 Å². The van der Waals surface area contributed by atoms with Crippen molar-refractivity contribution in [2.45, 2.75) is 122 Å². The van der Waals surface area contributed by atoms with Crippen LogP contribution >= 0.6 is 0 Å². The molecule has 4 N–H and O–H groups in total. The summed E-state index contributed by atoms with van der Waals surface area (Å²) < 4.78 is 54.2. The number of nitrogens with two attached hydrogens (primary N) is 2. The third kappa shape index (κ3) is 6.29. The minimum absolute atomic E-state index is 0.0467. The Balaban J connectivity index is 2.29. The van der Waals surface area contributed by atoms with Crippen LogP contribution in [0.2, 0.25) is 36.3 Å². The lowest BCUT2D eigenvalue weighted by Gasteiger charge is -2.43. The van der Waals surface area contributed by atoms with Crippen molar-refractivity contribution in [2.24, 2.45) is 11.5 Å². The van der Waals surface area contributed by atoms with Gasteiger partial charge >= 0.3 is 5.69 Å². The smallest absolute Gasteiger partial charge is 0.333 e. The maximum Gasteiger partial charge on any atom is 0.333 e. The minimum atomic E-state index is -4.21. The van der Waals surface area contributed by atoms with Gasteiger partial charge in [0.1, 0.15) is 12.2 Å². The number of rotatable bonds is 9. The molecular formula is C27H50N4O8SSi2. The fourth-order valence-electron chi connectivity index (χ4n) is 4.60. The van der Waals surface area contributed by atoms with Crippen molar-refractivity contribution in [2.75, 3.05) is 13.2 Å². The Kier molecular flexibility index (Phi) is 9.47. The molecule has 1 aromatic rings. The zero-order chi connectivity index (χ0) is 32.3. The maximum absolute atomic E-state index is 13.8.